The maximum Gasteiger partial charge on any atom is 0.151 e. The Morgan fingerprint density at radius 1 is 1.44 bits per heavy atom. The summed E-state index contributed by atoms with van der Waals surface area (Å²) < 4.78 is 5.40. The summed E-state index contributed by atoms with van der Waals surface area (Å²) in [6.07, 6.45) is 5.39. The maximum absolute atomic E-state index is 5.40. The Kier molecular flexibility index (Phi) is 4.78. The third-order valence-electron chi connectivity index (χ3n) is 3.65. The number of nitrogens with zero attached hydrogens (tertiary/aromatic N) is 2. The summed E-state index contributed by atoms with van der Waals surface area (Å²) in [5, 5.41) is 7.45. The lowest BCUT2D eigenvalue weighted by atomic mass is 10.2. The van der Waals surface area contributed by atoms with Gasteiger partial charge in [-0.05, 0) is 19.9 Å². The molecule has 1 N–H and O–H groups in total. The van der Waals surface area contributed by atoms with Crippen LogP contribution >= 0.6 is 0 Å². The van der Waals surface area contributed by atoms with Gasteiger partial charge in [-0.2, -0.15) is 0 Å². The van der Waals surface area contributed by atoms with Crippen molar-refractivity contribution in [1.82, 2.24) is 15.4 Å². The monoisotopic (exact) mass is 251 g/mol. The maximum atomic E-state index is 5.40. The molecule has 0 spiro atoms. The lowest BCUT2D eigenvalue weighted by Crippen LogP contribution is -2.28. The Morgan fingerprint density at radius 2 is 2.17 bits per heavy atom. The van der Waals surface area contributed by atoms with Crippen LogP contribution in [0.3, 0.4) is 0 Å². The van der Waals surface area contributed by atoms with E-state index >= 15 is 0 Å². The molecule has 0 amide bonds. The van der Waals surface area contributed by atoms with Crippen LogP contribution in [0.25, 0.3) is 0 Å². The van der Waals surface area contributed by atoms with Crippen molar-refractivity contribution in [2.24, 2.45) is 0 Å². The average Bonchev–Trinajstić information content (AvgIpc) is 2.97. The van der Waals surface area contributed by atoms with E-state index in [-0.39, 0.29) is 0 Å². The highest BCUT2D eigenvalue weighted by atomic mass is 16.5. The van der Waals surface area contributed by atoms with E-state index < -0.39 is 0 Å². The minimum Gasteiger partial charge on any atom is -0.360 e. The quantitative estimate of drug-likeness (QED) is 0.843. The molecule has 1 heterocycles. The van der Waals surface area contributed by atoms with Crippen LogP contribution in [-0.2, 0) is 13.1 Å². The van der Waals surface area contributed by atoms with Crippen molar-refractivity contribution in [2.75, 3.05) is 7.05 Å². The second-order valence-electron chi connectivity index (χ2n) is 5.67. The van der Waals surface area contributed by atoms with E-state index in [0.29, 0.717) is 6.04 Å². The molecular formula is C14H25N3O. The molecule has 2 rings (SSSR count). The molecule has 102 valence electrons. The van der Waals surface area contributed by atoms with Crippen LogP contribution in [0.15, 0.2) is 10.6 Å². The zero-order valence-electron chi connectivity index (χ0n) is 11.8. The lowest BCUT2D eigenvalue weighted by molar-refractivity contribution is 0.209. The fourth-order valence-corrected chi connectivity index (χ4v) is 2.54. The third kappa shape index (κ3) is 3.82. The Morgan fingerprint density at radius 3 is 2.83 bits per heavy atom. The summed E-state index contributed by atoms with van der Waals surface area (Å²) >= 11 is 0. The van der Waals surface area contributed by atoms with E-state index in [0.717, 1.165) is 30.6 Å². The normalized spacial score (nSPS) is 17.2. The Labute approximate surface area is 110 Å². The number of nitrogens with one attached hydrogen (secondary N) is 1. The molecule has 1 saturated carbocycles. The highest BCUT2D eigenvalue weighted by molar-refractivity contribution is 5.05. The van der Waals surface area contributed by atoms with Gasteiger partial charge >= 0.3 is 0 Å². The average molecular weight is 251 g/mol. The van der Waals surface area contributed by atoms with Crippen molar-refractivity contribution in [3.63, 3.8) is 0 Å². The van der Waals surface area contributed by atoms with Crippen molar-refractivity contribution < 1.29 is 4.52 Å². The predicted octanol–water partition coefficient (Wildman–Crippen LogP) is 2.55. The molecule has 0 aliphatic heterocycles. The number of rotatable bonds is 6. The van der Waals surface area contributed by atoms with Crippen molar-refractivity contribution in [3.05, 3.63) is 17.5 Å². The van der Waals surface area contributed by atoms with Gasteiger partial charge in [0.2, 0.25) is 0 Å². The largest absolute Gasteiger partial charge is 0.360 e. The molecule has 0 aromatic carbocycles. The Bertz CT molecular complexity index is 356. The second-order valence-corrected chi connectivity index (χ2v) is 5.67. The fraction of sp³-hybridized carbons (Fsp3) is 0.786. The summed E-state index contributed by atoms with van der Waals surface area (Å²) in [5.74, 6) is 0.977. The van der Waals surface area contributed by atoms with Crippen molar-refractivity contribution in [2.45, 2.75) is 64.7 Å². The molecule has 4 heteroatoms. The summed E-state index contributed by atoms with van der Waals surface area (Å²) in [5.41, 5.74) is 0.999. The highest BCUT2D eigenvalue weighted by Crippen LogP contribution is 2.23. The molecule has 0 saturated heterocycles. The third-order valence-corrected chi connectivity index (χ3v) is 3.65. The molecule has 0 radical (unpaired) electrons. The summed E-state index contributed by atoms with van der Waals surface area (Å²) in [6.45, 7) is 5.93. The van der Waals surface area contributed by atoms with Crippen LogP contribution in [0.1, 0.15) is 51.0 Å². The van der Waals surface area contributed by atoms with Crippen LogP contribution < -0.4 is 5.32 Å². The molecule has 0 bridgehead atoms. The minimum atomic E-state index is 0.478. The number of hydrogen-bond acceptors (Lipinski definition) is 4. The Hall–Kier alpha value is -0.870. The smallest absolute Gasteiger partial charge is 0.151 e. The summed E-state index contributed by atoms with van der Waals surface area (Å²) in [4.78, 5) is 2.40. The van der Waals surface area contributed by atoms with Crippen LogP contribution in [0.5, 0.6) is 0 Å². The minimum absolute atomic E-state index is 0.478. The molecular weight excluding hydrogens is 226 g/mol. The number of hydrogen-bond donors (Lipinski definition) is 1. The highest BCUT2D eigenvalue weighted by Gasteiger charge is 2.20. The van der Waals surface area contributed by atoms with Crippen LogP contribution in [0.4, 0.5) is 0 Å². The van der Waals surface area contributed by atoms with E-state index in [1.54, 1.807) is 0 Å². The van der Waals surface area contributed by atoms with Crippen molar-refractivity contribution in [1.29, 1.82) is 0 Å². The van der Waals surface area contributed by atoms with Crippen molar-refractivity contribution in [3.8, 4) is 0 Å². The molecule has 1 aromatic rings. The first kappa shape index (κ1) is 13.6. The zero-order chi connectivity index (χ0) is 13.0. The van der Waals surface area contributed by atoms with E-state index in [4.69, 9.17) is 4.52 Å². The topological polar surface area (TPSA) is 41.3 Å². The van der Waals surface area contributed by atoms with E-state index in [2.05, 4.69) is 42.3 Å². The summed E-state index contributed by atoms with van der Waals surface area (Å²) in [6, 6.07) is 3.28. The van der Waals surface area contributed by atoms with Gasteiger partial charge in [-0.3, -0.25) is 4.90 Å². The van der Waals surface area contributed by atoms with Crippen molar-refractivity contribution >= 4 is 0 Å². The fourth-order valence-electron chi connectivity index (χ4n) is 2.54. The van der Waals surface area contributed by atoms with Gasteiger partial charge in [0.15, 0.2) is 5.76 Å². The first-order valence-corrected chi connectivity index (χ1v) is 7.03. The molecule has 18 heavy (non-hydrogen) atoms. The standard InChI is InChI=1S/C14H25N3O/c1-11(2)15-9-12-8-14(18-16-12)10-17(3)13-6-4-5-7-13/h8,11,13,15H,4-7,9-10H2,1-3H3. The van der Waals surface area contributed by atoms with Gasteiger partial charge in [0, 0.05) is 24.7 Å². The first-order valence-electron chi connectivity index (χ1n) is 7.03. The van der Waals surface area contributed by atoms with Gasteiger partial charge in [-0.1, -0.05) is 31.8 Å². The van der Waals surface area contributed by atoms with Gasteiger partial charge in [0.25, 0.3) is 0 Å². The Balaban J connectivity index is 1.82. The van der Waals surface area contributed by atoms with Crippen LogP contribution in [0.2, 0.25) is 0 Å². The van der Waals surface area contributed by atoms with E-state index in [9.17, 15) is 0 Å². The van der Waals surface area contributed by atoms with Gasteiger partial charge in [0.05, 0.1) is 12.2 Å². The molecule has 4 nitrogen and oxygen atoms in total. The molecule has 0 unspecified atom stereocenters. The predicted molar refractivity (Wildman–Crippen MR) is 72.2 cm³/mol. The first-order chi connectivity index (χ1) is 8.65. The van der Waals surface area contributed by atoms with E-state index in [1.807, 2.05) is 0 Å². The number of aromatic nitrogens is 1. The molecule has 1 aromatic heterocycles. The van der Waals surface area contributed by atoms with Gasteiger partial charge in [-0.25, -0.2) is 0 Å². The SMILES string of the molecule is CC(C)NCc1cc(CN(C)C2CCCC2)on1. The molecule has 1 aliphatic rings. The molecule has 0 atom stereocenters. The van der Waals surface area contributed by atoms with Gasteiger partial charge < -0.3 is 9.84 Å². The van der Waals surface area contributed by atoms with Crippen LogP contribution in [0, 0.1) is 0 Å². The lowest BCUT2D eigenvalue weighted by Gasteiger charge is -2.22. The zero-order valence-corrected chi connectivity index (χ0v) is 11.8. The second kappa shape index (κ2) is 6.34. The van der Waals surface area contributed by atoms with E-state index in [1.165, 1.54) is 25.7 Å². The van der Waals surface area contributed by atoms with Gasteiger partial charge in [0.1, 0.15) is 0 Å². The van der Waals surface area contributed by atoms with Crippen LogP contribution in [-0.4, -0.2) is 29.2 Å². The van der Waals surface area contributed by atoms with Gasteiger partial charge in [-0.15, -0.1) is 0 Å². The molecule has 1 fully saturated rings. The molecule has 1 aliphatic carbocycles. The summed E-state index contributed by atoms with van der Waals surface area (Å²) in [7, 11) is 2.19.